The van der Waals surface area contributed by atoms with Gasteiger partial charge in [-0.1, -0.05) is 44.4 Å². The van der Waals surface area contributed by atoms with Gasteiger partial charge in [-0.3, -0.25) is 9.80 Å². The van der Waals surface area contributed by atoms with Gasteiger partial charge < -0.3 is 5.11 Å². The summed E-state index contributed by atoms with van der Waals surface area (Å²) in [6, 6.07) is 7.93. The number of carbonyl (C=O) groups is 1. The minimum atomic E-state index is -3.85. The number of hydrogen-bond acceptors (Lipinski definition) is 4. The van der Waals surface area contributed by atoms with Crippen molar-refractivity contribution < 1.29 is 18.3 Å². The second-order valence-electron chi connectivity index (χ2n) is 6.28. The van der Waals surface area contributed by atoms with Crippen LogP contribution in [0.1, 0.15) is 45.4 Å². The van der Waals surface area contributed by atoms with Gasteiger partial charge in [-0.2, -0.15) is 0 Å². The molecule has 1 aliphatic carbocycles. The lowest BCUT2D eigenvalue weighted by molar-refractivity contribution is -0.142. The van der Waals surface area contributed by atoms with E-state index in [1.54, 1.807) is 25.1 Å². The van der Waals surface area contributed by atoms with Crippen molar-refractivity contribution in [1.82, 2.24) is 9.84 Å². The zero-order valence-electron chi connectivity index (χ0n) is 14.0. The molecule has 0 heterocycles. The predicted molar refractivity (Wildman–Crippen MR) is 91.3 cm³/mol. The van der Waals surface area contributed by atoms with Crippen LogP contribution in [-0.4, -0.2) is 37.1 Å². The lowest BCUT2D eigenvalue weighted by atomic mass is 9.89. The Morgan fingerprint density at radius 2 is 1.88 bits per heavy atom. The van der Waals surface area contributed by atoms with Crippen molar-refractivity contribution in [2.75, 3.05) is 6.54 Å². The third-order valence-electron chi connectivity index (χ3n) is 4.39. The first-order valence-electron chi connectivity index (χ1n) is 8.51. The van der Waals surface area contributed by atoms with E-state index in [1.165, 1.54) is 18.6 Å². The average Bonchev–Trinajstić information content (AvgIpc) is 2.61. The van der Waals surface area contributed by atoms with Gasteiger partial charge in [0.15, 0.2) is 0 Å². The van der Waals surface area contributed by atoms with E-state index in [0.717, 1.165) is 30.7 Å². The number of aliphatic hydroxyl groups excluding tert-OH is 1. The number of rotatable bonds is 7. The lowest BCUT2D eigenvalue weighted by Crippen LogP contribution is -2.52. The zero-order valence-corrected chi connectivity index (χ0v) is 14.8. The normalized spacial score (nSPS) is 17.4. The van der Waals surface area contributed by atoms with Gasteiger partial charge in [-0.25, -0.2) is 8.42 Å². The summed E-state index contributed by atoms with van der Waals surface area (Å²) in [5.74, 6) is -0.340. The van der Waals surface area contributed by atoms with Crippen LogP contribution >= 0.6 is 0 Å². The first kappa shape index (κ1) is 18.9. The molecule has 0 aliphatic heterocycles. The molecule has 7 heteroatoms. The van der Waals surface area contributed by atoms with Gasteiger partial charge in [0, 0.05) is 6.54 Å². The van der Waals surface area contributed by atoms with Crippen LogP contribution in [0.4, 0.5) is 0 Å². The number of sulfonamides is 1. The van der Waals surface area contributed by atoms with Crippen LogP contribution in [0.5, 0.6) is 0 Å². The summed E-state index contributed by atoms with van der Waals surface area (Å²) in [6.45, 7) is 1.98. The molecule has 1 aromatic rings. The summed E-state index contributed by atoms with van der Waals surface area (Å²) in [5, 5.41) is 11.0. The standard InChI is InChI=1S/C17H26N2O4S/c1-2-16(20)17(21)19(13-14-9-5-3-6-10-14)18-24(22,23)15-11-7-4-8-12-15/h4,7-8,11-12,14,16,18,20H,2-3,5-6,9-10,13H2,1H3. The molecule has 1 amide bonds. The van der Waals surface area contributed by atoms with Crippen LogP contribution in [0.15, 0.2) is 35.2 Å². The van der Waals surface area contributed by atoms with E-state index in [4.69, 9.17) is 0 Å². The number of nitrogens with zero attached hydrogens (tertiary/aromatic N) is 1. The molecule has 1 fully saturated rings. The highest BCUT2D eigenvalue weighted by molar-refractivity contribution is 7.89. The average molecular weight is 354 g/mol. The number of amides is 1. The number of carbonyl (C=O) groups excluding carboxylic acids is 1. The number of nitrogens with one attached hydrogen (secondary N) is 1. The van der Waals surface area contributed by atoms with Crippen molar-refractivity contribution in [2.45, 2.75) is 56.4 Å². The second-order valence-corrected chi connectivity index (χ2v) is 7.95. The predicted octanol–water partition coefficient (Wildman–Crippen LogP) is 2.06. The Labute approximate surface area is 143 Å². The molecule has 2 N–H and O–H groups in total. The molecule has 0 bridgehead atoms. The zero-order chi connectivity index (χ0) is 17.6. The Kier molecular flexibility index (Phi) is 6.77. The number of benzene rings is 1. The quantitative estimate of drug-likeness (QED) is 0.734. The number of aliphatic hydroxyl groups is 1. The molecular weight excluding hydrogens is 328 g/mol. The van der Waals surface area contributed by atoms with Crippen molar-refractivity contribution in [3.8, 4) is 0 Å². The van der Waals surface area contributed by atoms with Gasteiger partial charge in [0.25, 0.3) is 15.9 Å². The van der Waals surface area contributed by atoms with Crippen LogP contribution in [0.3, 0.4) is 0 Å². The molecule has 1 atom stereocenters. The highest BCUT2D eigenvalue weighted by Gasteiger charge is 2.28. The maximum Gasteiger partial charge on any atom is 0.266 e. The third-order valence-corrected chi connectivity index (χ3v) is 5.74. The van der Waals surface area contributed by atoms with Crippen molar-refractivity contribution in [2.24, 2.45) is 5.92 Å². The smallest absolute Gasteiger partial charge is 0.266 e. The summed E-state index contributed by atoms with van der Waals surface area (Å²) >= 11 is 0. The van der Waals surface area contributed by atoms with Gasteiger partial charge in [0.2, 0.25) is 0 Å². The van der Waals surface area contributed by atoms with Crippen molar-refractivity contribution in [3.05, 3.63) is 30.3 Å². The van der Waals surface area contributed by atoms with E-state index in [9.17, 15) is 18.3 Å². The molecule has 0 radical (unpaired) electrons. The number of hydrogen-bond donors (Lipinski definition) is 2. The maximum absolute atomic E-state index is 12.5. The number of hydrazine groups is 1. The molecule has 0 saturated heterocycles. The molecule has 1 saturated carbocycles. The molecule has 134 valence electrons. The van der Waals surface area contributed by atoms with Crippen LogP contribution in [0.25, 0.3) is 0 Å². The van der Waals surface area contributed by atoms with E-state index in [0.29, 0.717) is 6.54 Å². The van der Waals surface area contributed by atoms with Crippen LogP contribution < -0.4 is 4.83 Å². The Bertz CT molecular complexity index is 627. The summed E-state index contributed by atoms with van der Waals surface area (Å²) in [4.78, 5) is 14.9. The van der Waals surface area contributed by atoms with E-state index < -0.39 is 22.0 Å². The minimum Gasteiger partial charge on any atom is -0.383 e. The van der Waals surface area contributed by atoms with Crippen molar-refractivity contribution >= 4 is 15.9 Å². The summed E-state index contributed by atoms with van der Waals surface area (Å²) in [7, 11) is -3.85. The largest absolute Gasteiger partial charge is 0.383 e. The molecule has 1 aliphatic rings. The van der Waals surface area contributed by atoms with Crippen LogP contribution in [0, 0.1) is 5.92 Å². The third kappa shape index (κ3) is 5.03. The van der Waals surface area contributed by atoms with Crippen LogP contribution in [0.2, 0.25) is 0 Å². The minimum absolute atomic E-state index is 0.0948. The molecule has 2 rings (SSSR count). The summed E-state index contributed by atoms with van der Waals surface area (Å²) < 4.78 is 25.0. The van der Waals surface area contributed by atoms with E-state index in [2.05, 4.69) is 4.83 Å². The molecule has 6 nitrogen and oxygen atoms in total. The Hall–Kier alpha value is -1.44. The SMILES string of the molecule is CCC(O)C(=O)N(CC1CCCCC1)NS(=O)(=O)c1ccccc1. The first-order valence-corrected chi connectivity index (χ1v) is 9.99. The molecule has 1 unspecified atom stereocenters. The Balaban J connectivity index is 2.16. The van der Waals surface area contributed by atoms with Gasteiger partial charge in [0.05, 0.1) is 4.90 Å². The topological polar surface area (TPSA) is 86.7 Å². The van der Waals surface area contributed by atoms with Gasteiger partial charge in [-0.05, 0) is 37.3 Å². The Morgan fingerprint density at radius 1 is 1.25 bits per heavy atom. The molecule has 24 heavy (non-hydrogen) atoms. The fourth-order valence-corrected chi connectivity index (χ4v) is 4.03. The molecule has 0 spiro atoms. The van der Waals surface area contributed by atoms with Crippen molar-refractivity contribution in [3.63, 3.8) is 0 Å². The Morgan fingerprint density at radius 3 is 2.46 bits per heavy atom. The highest BCUT2D eigenvalue weighted by atomic mass is 32.2. The second kappa shape index (κ2) is 8.60. The van der Waals surface area contributed by atoms with Gasteiger partial charge in [0.1, 0.15) is 6.10 Å². The monoisotopic (exact) mass is 354 g/mol. The first-order chi connectivity index (χ1) is 11.4. The van der Waals surface area contributed by atoms with E-state index in [1.807, 2.05) is 0 Å². The van der Waals surface area contributed by atoms with Gasteiger partial charge >= 0.3 is 0 Å². The molecule has 1 aromatic carbocycles. The lowest BCUT2D eigenvalue weighted by Gasteiger charge is -2.30. The highest BCUT2D eigenvalue weighted by Crippen LogP contribution is 2.24. The van der Waals surface area contributed by atoms with E-state index >= 15 is 0 Å². The van der Waals surface area contributed by atoms with Gasteiger partial charge in [-0.15, -0.1) is 4.83 Å². The van der Waals surface area contributed by atoms with E-state index in [-0.39, 0.29) is 17.2 Å². The van der Waals surface area contributed by atoms with Crippen molar-refractivity contribution in [1.29, 1.82) is 0 Å². The van der Waals surface area contributed by atoms with Crippen LogP contribution in [-0.2, 0) is 14.8 Å². The molecular formula is C17H26N2O4S. The fraction of sp³-hybridized carbons (Fsp3) is 0.588. The summed E-state index contributed by atoms with van der Waals surface area (Å²) in [6.07, 6.45) is 4.35. The summed E-state index contributed by atoms with van der Waals surface area (Å²) in [5.41, 5.74) is 0. The maximum atomic E-state index is 12.5. The molecule has 0 aromatic heterocycles. The fourth-order valence-electron chi connectivity index (χ4n) is 2.95.